The summed E-state index contributed by atoms with van der Waals surface area (Å²) in [6.07, 6.45) is 0.860. The van der Waals surface area contributed by atoms with Gasteiger partial charge in [0.05, 0.1) is 25.5 Å². The Bertz CT molecular complexity index is 678. The van der Waals surface area contributed by atoms with Gasteiger partial charge in [-0.2, -0.15) is 0 Å². The number of rotatable bonds is 10. The van der Waals surface area contributed by atoms with Gasteiger partial charge in [0.25, 0.3) is 0 Å². The predicted molar refractivity (Wildman–Crippen MR) is 99.3 cm³/mol. The highest BCUT2D eigenvalue weighted by molar-refractivity contribution is 7.16. The smallest absolute Gasteiger partial charge is 0.184 e. The molecular formula is C18H23ClFNO3S. The summed E-state index contributed by atoms with van der Waals surface area (Å²) in [6.45, 7) is 5.93. The molecule has 1 aromatic heterocycles. The predicted octanol–water partition coefficient (Wildman–Crippen LogP) is 4.84. The number of ether oxygens (including phenoxy) is 3. The third-order valence-electron chi connectivity index (χ3n) is 3.39. The van der Waals surface area contributed by atoms with Gasteiger partial charge < -0.3 is 14.2 Å². The molecule has 0 spiro atoms. The lowest BCUT2D eigenvalue weighted by atomic mass is 10.0. The lowest BCUT2D eigenvalue weighted by Crippen LogP contribution is -2.10. The fourth-order valence-electron chi connectivity index (χ4n) is 2.28. The summed E-state index contributed by atoms with van der Waals surface area (Å²) < 4.78 is 30.4. The van der Waals surface area contributed by atoms with Crippen LogP contribution < -0.4 is 4.74 Å². The van der Waals surface area contributed by atoms with Crippen LogP contribution in [0.5, 0.6) is 5.75 Å². The van der Waals surface area contributed by atoms with Gasteiger partial charge in [-0.25, -0.2) is 9.37 Å². The molecule has 0 radical (unpaired) electrons. The van der Waals surface area contributed by atoms with Crippen molar-refractivity contribution in [3.63, 3.8) is 0 Å². The number of nitrogens with zero attached hydrogens (tertiary/aromatic N) is 1. The Labute approximate surface area is 156 Å². The van der Waals surface area contributed by atoms with E-state index < -0.39 is 5.82 Å². The van der Waals surface area contributed by atoms with Crippen LogP contribution in [0.1, 0.15) is 18.7 Å². The van der Waals surface area contributed by atoms with Crippen molar-refractivity contribution in [2.75, 3.05) is 33.5 Å². The standard InChI is InChI=1S/C18H23ClFNO3S/c1-12(2)10-16-17(21-18(19)25-16)13-4-5-15(14(20)11-13)24-9-8-23-7-6-22-3/h4-5,11-12H,6-10H2,1-3H3. The van der Waals surface area contributed by atoms with Crippen LogP contribution in [0.25, 0.3) is 11.3 Å². The molecule has 0 N–H and O–H groups in total. The number of hydrogen-bond acceptors (Lipinski definition) is 5. The molecule has 0 saturated carbocycles. The minimum Gasteiger partial charge on any atom is -0.488 e. The largest absolute Gasteiger partial charge is 0.488 e. The summed E-state index contributed by atoms with van der Waals surface area (Å²) in [5.41, 5.74) is 1.46. The maximum Gasteiger partial charge on any atom is 0.184 e. The van der Waals surface area contributed by atoms with Crippen molar-refractivity contribution >= 4 is 22.9 Å². The summed E-state index contributed by atoms with van der Waals surface area (Å²) in [5, 5.41) is 0. The first-order valence-corrected chi connectivity index (χ1v) is 9.35. The number of hydrogen-bond donors (Lipinski definition) is 0. The summed E-state index contributed by atoms with van der Waals surface area (Å²) in [4.78, 5) is 5.42. The molecule has 0 unspecified atom stereocenters. The molecule has 2 aromatic rings. The molecule has 1 aromatic carbocycles. The van der Waals surface area contributed by atoms with Gasteiger partial charge in [0, 0.05) is 17.6 Å². The minimum atomic E-state index is -0.422. The van der Waals surface area contributed by atoms with Gasteiger partial charge in [-0.3, -0.25) is 0 Å². The second-order valence-electron chi connectivity index (χ2n) is 5.94. The molecular weight excluding hydrogens is 365 g/mol. The Balaban J connectivity index is 2.02. The molecule has 1 heterocycles. The van der Waals surface area contributed by atoms with E-state index in [2.05, 4.69) is 18.8 Å². The fourth-order valence-corrected chi connectivity index (χ4v) is 3.66. The maximum absolute atomic E-state index is 14.3. The molecule has 0 aliphatic carbocycles. The van der Waals surface area contributed by atoms with E-state index in [-0.39, 0.29) is 12.4 Å². The molecule has 4 nitrogen and oxygen atoms in total. The van der Waals surface area contributed by atoms with Crippen molar-refractivity contribution in [3.8, 4) is 17.0 Å². The molecule has 0 bridgehead atoms. The van der Waals surface area contributed by atoms with E-state index in [4.69, 9.17) is 25.8 Å². The Hall–Kier alpha value is -1.21. The zero-order chi connectivity index (χ0) is 18.2. The van der Waals surface area contributed by atoms with Crippen molar-refractivity contribution < 1.29 is 18.6 Å². The Morgan fingerprint density at radius 1 is 1.20 bits per heavy atom. The molecule has 0 amide bonds. The molecule has 0 saturated heterocycles. The topological polar surface area (TPSA) is 40.6 Å². The van der Waals surface area contributed by atoms with Gasteiger partial charge in [0.1, 0.15) is 6.61 Å². The average Bonchev–Trinajstić information content (AvgIpc) is 2.91. The molecule has 0 atom stereocenters. The van der Waals surface area contributed by atoms with E-state index in [1.807, 2.05) is 0 Å². The lowest BCUT2D eigenvalue weighted by molar-refractivity contribution is 0.0538. The van der Waals surface area contributed by atoms with Crippen molar-refractivity contribution in [3.05, 3.63) is 33.4 Å². The average molecular weight is 388 g/mol. The first kappa shape index (κ1) is 20.1. The van der Waals surface area contributed by atoms with Gasteiger partial charge in [0.2, 0.25) is 0 Å². The second-order valence-corrected chi connectivity index (χ2v) is 7.60. The maximum atomic E-state index is 14.3. The van der Waals surface area contributed by atoms with E-state index in [1.165, 1.54) is 17.4 Å². The minimum absolute atomic E-state index is 0.200. The van der Waals surface area contributed by atoms with E-state index in [0.717, 1.165) is 17.0 Å². The monoisotopic (exact) mass is 387 g/mol. The summed E-state index contributed by atoms with van der Waals surface area (Å²) in [5.74, 6) is 0.251. The zero-order valence-corrected chi connectivity index (χ0v) is 16.3. The van der Waals surface area contributed by atoms with Gasteiger partial charge in [-0.05, 0) is 30.5 Å². The Morgan fingerprint density at radius 2 is 1.96 bits per heavy atom. The number of methoxy groups -OCH3 is 1. The van der Waals surface area contributed by atoms with Gasteiger partial charge in [-0.1, -0.05) is 25.4 Å². The normalized spacial score (nSPS) is 11.3. The first-order valence-electron chi connectivity index (χ1n) is 8.16. The van der Waals surface area contributed by atoms with Crippen LogP contribution in [0.2, 0.25) is 4.47 Å². The van der Waals surface area contributed by atoms with E-state index in [0.29, 0.717) is 35.8 Å². The summed E-state index contributed by atoms with van der Waals surface area (Å²) in [6, 6.07) is 4.86. The van der Waals surface area contributed by atoms with Crippen LogP contribution in [0.4, 0.5) is 4.39 Å². The highest BCUT2D eigenvalue weighted by Gasteiger charge is 2.15. The van der Waals surface area contributed by atoms with Gasteiger partial charge in [0.15, 0.2) is 16.0 Å². The third kappa shape index (κ3) is 6.22. The van der Waals surface area contributed by atoms with Crippen LogP contribution in [-0.4, -0.2) is 38.5 Å². The second kappa shape index (κ2) is 10.1. The fraction of sp³-hybridized carbons (Fsp3) is 0.500. The third-order valence-corrected chi connectivity index (χ3v) is 4.57. The van der Waals surface area contributed by atoms with Crippen LogP contribution >= 0.6 is 22.9 Å². The molecule has 25 heavy (non-hydrogen) atoms. The zero-order valence-electron chi connectivity index (χ0n) is 14.7. The van der Waals surface area contributed by atoms with Crippen LogP contribution in [0.15, 0.2) is 18.2 Å². The Morgan fingerprint density at radius 3 is 2.64 bits per heavy atom. The van der Waals surface area contributed by atoms with E-state index in [9.17, 15) is 4.39 Å². The summed E-state index contributed by atoms with van der Waals surface area (Å²) in [7, 11) is 1.61. The number of halogens is 2. The lowest BCUT2D eigenvalue weighted by Gasteiger charge is -2.10. The molecule has 2 rings (SSSR count). The molecule has 0 fully saturated rings. The van der Waals surface area contributed by atoms with Gasteiger partial charge in [-0.15, -0.1) is 11.3 Å². The molecule has 0 aliphatic heterocycles. The van der Waals surface area contributed by atoms with E-state index >= 15 is 0 Å². The number of benzene rings is 1. The van der Waals surface area contributed by atoms with Crippen LogP contribution in [0.3, 0.4) is 0 Å². The quantitative estimate of drug-likeness (QED) is 0.547. The molecule has 7 heteroatoms. The van der Waals surface area contributed by atoms with Crippen molar-refractivity contribution in [1.82, 2.24) is 4.98 Å². The van der Waals surface area contributed by atoms with Crippen molar-refractivity contribution in [1.29, 1.82) is 0 Å². The molecule has 0 aliphatic rings. The van der Waals surface area contributed by atoms with Crippen molar-refractivity contribution in [2.24, 2.45) is 5.92 Å². The Kier molecular flexibility index (Phi) is 8.09. The first-order chi connectivity index (χ1) is 12.0. The van der Waals surface area contributed by atoms with Crippen LogP contribution in [0, 0.1) is 11.7 Å². The molecule has 138 valence electrons. The number of aromatic nitrogens is 1. The van der Waals surface area contributed by atoms with Crippen molar-refractivity contribution in [2.45, 2.75) is 20.3 Å². The van der Waals surface area contributed by atoms with Gasteiger partial charge >= 0.3 is 0 Å². The number of thiazole rings is 1. The SMILES string of the molecule is COCCOCCOc1ccc(-c2nc(Cl)sc2CC(C)C)cc1F. The highest BCUT2D eigenvalue weighted by atomic mass is 35.5. The van der Waals surface area contributed by atoms with Crippen LogP contribution in [-0.2, 0) is 15.9 Å². The van der Waals surface area contributed by atoms with E-state index in [1.54, 1.807) is 19.2 Å². The summed E-state index contributed by atoms with van der Waals surface area (Å²) >= 11 is 7.50. The highest BCUT2D eigenvalue weighted by Crippen LogP contribution is 2.34.